The second-order valence-electron chi connectivity index (χ2n) is 10.7. The van der Waals surface area contributed by atoms with Crippen LogP contribution in [0.5, 0.6) is 0 Å². The molecule has 0 rings (SSSR count). The van der Waals surface area contributed by atoms with Crippen molar-refractivity contribution in [1.82, 2.24) is 0 Å². The molecule has 0 aliphatic rings. The molecule has 0 aliphatic carbocycles. The summed E-state index contributed by atoms with van der Waals surface area (Å²) in [6, 6.07) is 0. The molecule has 0 aromatic heterocycles. The number of allylic oxidation sites excluding steroid dienone is 7. The zero-order valence-corrected chi connectivity index (χ0v) is 22.3. The van der Waals surface area contributed by atoms with Crippen LogP contribution in [-0.2, 0) is 4.43 Å². The Kier molecular flexibility index (Phi) is 10.8. The van der Waals surface area contributed by atoms with Crippen molar-refractivity contribution < 1.29 is 4.43 Å². The Hall–Kier alpha value is -1.09. The highest BCUT2D eigenvalue weighted by Crippen LogP contribution is 2.37. The molecule has 0 unspecified atom stereocenters. The lowest BCUT2D eigenvalue weighted by Gasteiger charge is -2.36. The Labute approximate surface area is 178 Å². The molecule has 0 saturated heterocycles. The van der Waals surface area contributed by atoms with Gasteiger partial charge in [-0.2, -0.15) is 0 Å². The molecule has 28 heavy (non-hydrogen) atoms. The Balaban J connectivity index is 4.38. The minimum absolute atomic E-state index is 0.268. The Morgan fingerprint density at radius 3 is 1.79 bits per heavy atom. The highest BCUT2D eigenvalue weighted by atomic mass is 28.4. The summed E-state index contributed by atoms with van der Waals surface area (Å²) in [4.78, 5) is 0. The average molecular weight is 417 g/mol. The van der Waals surface area contributed by atoms with Crippen LogP contribution in [0.2, 0.25) is 36.3 Å². The van der Waals surface area contributed by atoms with Gasteiger partial charge in [0.05, 0.1) is 0 Å². The van der Waals surface area contributed by atoms with E-state index in [1.165, 1.54) is 0 Å². The van der Waals surface area contributed by atoms with Gasteiger partial charge in [0.25, 0.3) is 0 Å². The molecule has 0 spiro atoms. The second-order valence-corrected chi connectivity index (χ2v) is 20.5. The van der Waals surface area contributed by atoms with E-state index in [0.29, 0.717) is 11.0 Å². The fourth-order valence-corrected chi connectivity index (χ4v) is 3.57. The van der Waals surface area contributed by atoms with Gasteiger partial charge in [-0.1, -0.05) is 110 Å². The summed E-state index contributed by atoms with van der Waals surface area (Å²) >= 11 is 0. The zero-order valence-electron chi connectivity index (χ0n) is 20.3. The summed E-state index contributed by atoms with van der Waals surface area (Å²) in [6.07, 6.45) is 16.4. The van der Waals surface area contributed by atoms with Crippen LogP contribution in [0.3, 0.4) is 0 Å². The van der Waals surface area contributed by atoms with Gasteiger partial charge in [-0.3, -0.25) is 0 Å². The van der Waals surface area contributed by atoms with Crippen molar-refractivity contribution in [2.24, 2.45) is 5.92 Å². The fraction of sp³-hybridized carbons (Fsp3) is 0.600. The summed E-state index contributed by atoms with van der Waals surface area (Å²) < 4.78 is 6.26. The summed E-state index contributed by atoms with van der Waals surface area (Å²) in [7, 11) is -3.14. The number of hydrogen-bond donors (Lipinski definition) is 0. The van der Waals surface area contributed by atoms with Crippen LogP contribution in [-0.4, -0.2) is 23.0 Å². The lowest BCUT2D eigenvalue weighted by molar-refractivity contribution is 0.259. The number of hydrogen-bond acceptors (Lipinski definition) is 1. The third-order valence-electron chi connectivity index (χ3n) is 5.95. The molecule has 0 saturated carbocycles. The van der Waals surface area contributed by atoms with E-state index in [1.807, 2.05) is 30.4 Å². The van der Waals surface area contributed by atoms with E-state index in [4.69, 9.17) is 4.43 Å². The molecule has 1 atom stereocenters. The number of rotatable bonds is 7. The van der Waals surface area contributed by atoms with E-state index >= 15 is 0 Å². The van der Waals surface area contributed by atoms with Gasteiger partial charge in [0.1, 0.15) is 8.07 Å². The van der Waals surface area contributed by atoms with Crippen molar-refractivity contribution in [2.45, 2.75) is 84.7 Å². The molecule has 0 aromatic carbocycles. The van der Waals surface area contributed by atoms with Crippen LogP contribution in [0, 0.1) is 17.4 Å². The van der Waals surface area contributed by atoms with Gasteiger partial charge >= 0.3 is 0 Å². The fourth-order valence-electron chi connectivity index (χ4n) is 1.64. The Morgan fingerprint density at radius 1 is 0.786 bits per heavy atom. The van der Waals surface area contributed by atoms with E-state index in [2.05, 4.69) is 104 Å². The molecule has 0 N–H and O–H groups in total. The lowest BCUT2D eigenvalue weighted by atomic mass is 10.2. The highest BCUT2D eigenvalue weighted by Gasteiger charge is 2.37. The first-order chi connectivity index (χ1) is 12.6. The Bertz CT molecular complexity index is 639. The van der Waals surface area contributed by atoms with Crippen molar-refractivity contribution in [2.75, 3.05) is 6.61 Å². The minimum Gasteiger partial charge on any atom is -0.416 e. The topological polar surface area (TPSA) is 9.23 Å². The first kappa shape index (κ1) is 26.9. The molecule has 0 aliphatic heterocycles. The van der Waals surface area contributed by atoms with Gasteiger partial charge in [-0.05, 0) is 35.2 Å². The van der Waals surface area contributed by atoms with Gasteiger partial charge in [0.15, 0.2) is 8.32 Å². The summed E-state index contributed by atoms with van der Waals surface area (Å²) in [6.45, 7) is 26.0. The smallest absolute Gasteiger partial charge is 0.192 e. The van der Waals surface area contributed by atoms with E-state index in [-0.39, 0.29) is 5.04 Å². The van der Waals surface area contributed by atoms with Crippen LogP contribution in [0.1, 0.15) is 48.5 Å². The first-order valence-electron chi connectivity index (χ1n) is 10.4. The summed E-state index contributed by atoms with van der Waals surface area (Å²) in [5.74, 6) is 3.64. The van der Waals surface area contributed by atoms with Gasteiger partial charge in [0.2, 0.25) is 0 Å². The molecule has 0 fully saturated rings. The molecule has 0 aromatic rings. The maximum atomic E-state index is 6.26. The highest BCUT2D eigenvalue weighted by molar-refractivity contribution is 6.87. The van der Waals surface area contributed by atoms with E-state index in [9.17, 15) is 0 Å². The van der Waals surface area contributed by atoms with Crippen LogP contribution in [0.15, 0.2) is 48.6 Å². The van der Waals surface area contributed by atoms with Crippen LogP contribution in [0.4, 0.5) is 0 Å². The van der Waals surface area contributed by atoms with E-state index < -0.39 is 16.4 Å². The van der Waals surface area contributed by atoms with Crippen molar-refractivity contribution in [3.05, 3.63) is 48.6 Å². The largest absolute Gasteiger partial charge is 0.416 e. The zero-order chi connectivity index (χ0) is 22.1. The quantitative estimate of drug-likeness (QED) is 0.232. The molecule has 158 valence electrons. The van der Waals surface area contributed by atoms with Crippen molar-refractivity contribution in [1.29, 1.82) is 0 Å². The van der Waals surface area contributed by atoms with Gasteiger partial charge in [-0.15, -0.1) is 5.54 Å². The maximum Gasteiger partial charge on any atom is 0.192 e. The predicted octanol–water partition coefficient (Wildman–Crippen LogP) is 7.92. The lowest BCUT2D eigenvalue weighted by Crippen LogP contribution is -2.41. The standard InChI is InChI=1S/C25H44OSi2/c1-23(22-26-28(10,11)25(5,6)7)20-18-16-14-12-13-15-17-19-21-27(8,9)24(2,3)4/h12-18,20,23H,22H2,1-11H3/b13-12+,16-14+,17-15+,20-18-/t23-/m0/s1. The summed E-state index contributed by atoms with van der Waals surface area (Å²) in [5.41, 5.74) is 3.48. The van der Waals surface area contributed by atoms with Crippen molar-refractivity contribution >= 4 is 16.4 Å². The molecule has 3 heteroatoms. The normalized spacial score (nSPS) is 15.7. The van der Waals surface area contributed by atoms with Crippen molar-refractivity contribution in [3.8, 4) is 11.5 Å². The minimum atomic E-state index is -1.65. The molecule has 0 heterocycles. The van der Waals surface area contributed by atoms with Gasteiger partial charge < -0.3 is 4.43 Å². The van der Waals surface area contributed by atoms with Crippen molar-refractivity contribution in [3.63, 3.8) is 0 Å². The first-order valence-corrected chi connectivity index (χ1v) is 16.3. The van der Waals surface area contributed by atoms with E-state index in [1.54, 1.807) is 0 Å². The van der Waals surface area contributed by atoms with E-state index in [0.717, 1.165) is 6.61 Å². The summed E-state index contributed by atoms with van der Waals surface area (Å²) in [5, 5.41) is 0.579. The molecular formula is C25H44OSi2. The molecule has 0 radical (unpaired) electrons. The Morgan fingerprint density at radius 2 is 1.29 bits per heavy atom. The average Bonchev–Trinajstić information content (AvgIpc) is 2.52. The maximum absolute atomic E-state index is 6.26. The molecule has 0 bridgehead atoms. The molecule has 1 nitrogen and oxygen atoms in total. The molecule has 0 amide bonds. The molecular weight excluding hydrogens is 372 g/mol. The monoisotopic (exact) mass is 416 g/mol. The van der Waals surface area contributed by atoms with Crippen LogP contribution >= 0.6 is 0 Å². The SMILES string of the molecule is C[C@@H](\C=C/C=C/C=C/C=C/C#C[Si](C)(C)C(C)(C)C)CO[Si](C)(C)C(C)(C)C. The predicted molar refractivity (Wildman–Crippen MR) is 134 cm³/mol. The third kappa shape index (κ3) is 10.5. The third-order valence-corrected chi connectivity index (χ3v) is 15.0. The van der Waals surface area contributed by atoms with Gasteiger partial charge in [0, 0.05) is 6.61 Å². The van der Waals surface area contributed by atoms with Gasteiger partial charge in [-0.25, -0.2) is 0 Å². The van der Waals surface area contributed by atoms with Crippen LogP contribution in [0.25, 0.3) is 0 Å². The van der Waals surface area contributed by atoms with Crippen LogP contribution < -0.4 is 0 Å². The second kappa shape index (κ2) is 11.2.